The van der Waals surface area contributed by atoms with Crippen LogP contribution in [0.5, 0.6) is 0 Å². The van der Waals surface area contributed by atoms with Crippen molar-refractivity contribution < 1.29 is 13.6 Å². The van der Waals surface area contributed by atoms with E-state index < -0.39 is 5.91 Å². The first-order valence-electron chi connectivity index (χ1n) is 9.63. The maximum atomic E-state index is 12.7. The molecule has 1 aromatic carbocycles. The minimum atomic E-state index is -0.395. The van der Waals surface area contributed by atoms with E-state index in [1.54, 1.807) is 18.4 Å². The molecule has 3 aromatic rings. The smallest absolute Gasteiger partial charge is 0.287 e. The maximum absolute atomic E-state index is 12.7. The van der Waals surface area contributed by atoms with E-state index in [1.807, 2.05) is 26.0 Å². The van der Waals surface area contributed by atoms with E-state index in [0.717, 1.165) is 42.8 Å². The Labute approximate surface area is 163 Å². The second-order valence-corrected chi connectivity index (χ2v) is 7.39. The normalized spacial score (nSPS) is 15.8. The van der Waals surface area contributed by atoms with Crippen molar-refractivity contribution in [3.8, 4) is 0 Å². The predicted molar refractivity (Wildman–Crippen MR) is 107 cm³/mol. The summed E-state index contributed by atoms with van der Waals surface area (Å²) < 4.78 is 11.3. The minimum Gasteiger partial charge on any atom is -0.468 e. The van der Waals surface area contributed by atoms with Crippen LogP contribution in [0, 0.1) is 13.8 Å². The van der Waals surface area contributed by atoms with Gasteiger partial charge in [-0.1, -0.05) is 0 Å². The Hall–Kier alpha value is -2.86. The van der Waals surface area contributed by atoms with E-state index in [1.165, 1.54) is 6.07 Å². The molecule has 1 fully saturated rings. The molecule has 1 saturated heterocycles. The van der Waals surface area contributed by atoms with Crippen molar-refractivity contribution in [2.24, 2.45) is 0 Å². The van der Waals surface area contributed by atoms with Crippen molar-refractivity contribution >= 4 is 16.9 Å². The van der Waals surface area contributed by atoms with Gasteiger partial charge in [0, 0.05) is 12.6 Å². The Bertz CT molecular complexity index is 1050. The highest BCUT2D eigenvalue weighted by molar-refractivity contribution is 5.93. The van der Waals surface area contributed by atoms with Crippen LogP contribution < -0.4 is 10.7 Å². The van der Waals surface area contributed by atoms with Gasteiger partial charge in [0.15, 0.2) is 11.2 Å². The van der Waals surface area contributed by atoms with Crippen molar-refractivity contribution in [2.75, 3.05) is 19.6 Å². The molecule has 28 heavy (non-hydrogen) atoms. The van der Waals surface area contributed by atoms with Crippen LogP contribution in [-0.2, 0) is 0 Å². The minimum absolute atomic E-state index is 0.0281. The zero-order valence-corrected chi connectivity index (χ0v) is 16.2. The van der Waals surface area contributed by atoms with Gasteiger partial charge in [-0.3, -0.25) is 14.5 Å². The van der Waals surface area contributed by atoms with E-state index in [2.05, 4.69) is 10.2 Å². The number of nitrogens with zero attached hydrogens (tertiary/aromatic N) is 1. The standard InChI is InChI=1S/C22H24N2O4/c1-14-10-16-18(25)12-21(28-20(16)11-15(14)2)22(26)23-13-17(19-6-5-9-27-19)24-7-3-4-8-24/h5-6,9-12,17H,3-4,7-8,13H2,1-2H3,(H,23,26)/t17-/m0/s1. The Morgan fingerprint density at radius 2 is 1.93 bits per heavy atom. The van der Waals surface area contributed by atoms with Crippen LogP contribution >= 0.6 is 0 Å². The van der Waals surface area contributed by atoms with E-state index in [-0.39, 0.29) is 17.2 Å². The average molecular weight is 380 g/mol. The van der Waals surface area contributed by atoms with Gasteiger partial charge >= 0.3 is 0 Å². The van der Waals surface area contributed by atoms with Gasteiger partial charge in [0.05, 0.1) is 17.7 Å². The van der Waals surface area contributed by atoms with Crippen molar-refractivity contribution in [1.82, 2.24) is 10.2 Å². The molecule has 6 heteroatoms. The van der Waals surface area contributed by atoms with Gasteiger partial charge in [-0.25, -0.2) is 0 Å². The SMILES string of the molecule is Cc1cc2oc(C(=O)NC[C@@H](c3ccco3)N3CCCC3)cc(=O)c2cc1C. The van der Waals surface area contributed by atoms with E-state index in [0.29, 0.717) is 17.5 Å². The van der Waals surface area contributed by atoms with Crippen LogP contribution in [0.25, 0.3) is 11.0 Å². The molecule has 1 N–H and O–H groups in total. The van der Waals surface area contributed by atoms with Crippen molar-refractivity contribution in [3.63, 3.8) is 0 Å². The molecule has 146 valence electrons. The number of carbonyl (C=O) groups is 1. The number of furan rings is 1. The molecule has 1 aliphatic heterocycles. The summed E-state index contributed by atoms with van der Waals surface area (Å²) in [6, 6.07) is 8.63. The number of fused-ring (bicyclic) bond motifs is 1. The summed E-state index contributed by atoms with van der Waals surface area (Å²) in [5.74, 6) is 0.460. The number of amides is 1. The second kappa shape index (κ2) is 7.64. The second-order valence-electron chi connectivity index (χ2n) is 7.39. The van der Waals surface area contributed by atoms with Crippen LogP contribution in [0.1, 0.15) is 46.3 Å². The number of benzene rings is 1. The lowest BCUT2D eigenvalue weighted by atomic mass is 10.1. The van der Waals surface area contributed by atoms with Crippen LogP contribution in [0.2, 0.25) is 0 Å². The fourth-order valence-corrected chi connectivity index (χ4v) is 3.74. The molecular formula is C22H24N2O4. The zero-order chi connectivity index (χ0) is 19.7. The van der Waals surface area contributed by atoms with E-state index in [9.17, 15) is 9.59 Å². The van der Waals surface area contributed by atoms with E-state index >= 15 is 0 Å². The Kier molecular flexibility index (Phi) is 5.05. The van der Waals surface area contributed by atoms with Gasteiger partial charge in [-0.15, -0.1) is 0 Å². The summed E-state index contributed by atoms with van der Waals surface area (Å²) in [6.45, 7) is 6.24. The fourth-order valence-electron chi connectivity index (χ4n) is 3.74. The highest BCUT2D eigenvalue weighted by Gasteiger charge is 2.26. The molecule has 0 unspecified atom stereocenters. The summed E-state index contributed by atoms with van der Waals surface area (Å²) >= 11 is 0. The molecular weight excluding hydrogens is 356 g/mol. The molecule has 4 rings (SSSR count). The van der Waals surface area contributed by atoms with Crippen LogP contribution in [0.15, 0.2) is 50.2 Å². The number of hydrogen-bond acceptors (Lipinski definition) is 5. The molecule has 6 nitrogen and oxygen atoms in total. The number of likely N-dealkylation sites (tertiary alicyclic amines) is 1. The highest BCUT2D eigenvalue weighted by atomic mass is 16.3. The molecule has 1 atom stereocenters. The summed E-state index contributed by atoms with van der Waals surface area (Å²) in [6.07, 6.45) is 3.93. The van der Waals surface area contributed by atoms with Crippen LogP contribution in [-0.4, -0.2) is 30.4 Å². The zero-order valence-electron chi connectivity index (χ0n) is 16.2. The largest absolute Gasteiger partial charge is 0.468 e. The predicted octanol–water partition coefficient (Wildman–Crippen LogP) is 3.57. The van der Waals surface area contributed by atoms with Crippen molar-refractivity contribution in [3.05, 3.63) is 69.5 Å². The first-order chi connectivity index (χ1) is 13.5. The molecule has 0 saturated carbocycles. The Morgan fingerprint density at radius 1 is 1.18 bits per heavy atom. The van der Waals surface area contributed by atoms with Crippen LogP contribution in [0.4, 0.5) is 0 Å². The summed E-state index contributed by atoms with van der Waals surface area (Å²) in [7, 11) is 0. The van der Waals surface area contributed by atoms with E-state index in [4.69, 9.17) is 8.83 Å². The number of rotatable bonds is 5. The third-order valence-corrected chi connectivity index (χ3v) is 5.48. The molecule has 0 aliphatic carbocycles. The van der Waals surface area contributed by atoms with Gasteiger partial charge in [-0.2, -0.15) is 0 Å². The van der Waals surface area contributed by atoms with Crippen molar-refractivity contribution in [1.29, 1.82) is 0 Å². The lowest BCUT2D eigenvalue weighted by Gasteiger charge is -2.25. The van der Waals surface area contributed by atoms with Gasteiger partial charge in [0.2, 0.25) is 0 Å². The summed E-state index contributed by atoms with van der Waals surface area (Å²) in [5.41, 5.74) is 2.25. The highest BCUT2D eigenvalue weighted by Crippen LogP contribution is 2.25. The number of aryl methyl sites for hydroxylation is 2. The van der Waals surface area contributed by atoms with Crippen LogP contribution in [0.3, 0.4) is 0 Å². The molecule has 1 amide bonds. The molecule has 0 bridgehead atoms. The van der Waals surface area contributed by atoms with Crippen molar-refractivity contribution in [2.45, 2.75) is 32.7 Å². The molecule has 1 aliphatic rings. The summed E-state index contributed by atoms with van der Waals surface area (Å²) in [5, 5.41) is 3.40. The third-order valence-electron chi connectivity index (χ3n) is 5.48. The fraction of sp³-hybridized carbons (Fsp3) is 0.364. The monoisotopic (exact) mass is 380 g/mol. The quantitative estimate of drug-likeness (QED) is 0.732. The van der Waals surface area contributed by atoms with Gasteiger partial charge in [0.25, 0.3) is 5.91 Å². The topological polar surface area (TPSA) is 75.7 Å². The number of carbonyl (C=O) groups excluding carboxylic acids is 1. The molecule has 0 radical (unpaired) electrons. The Morgan fingerprint density at radius 3 is 2.64 bits per heavy atom. The summed E-state index contributed by atoms with van der Waals surface area (Å²) in [4.78, 5) is 27.4. The van der Waals surface area contributed by atoms with Gasteiger partial charge in [0.1, 0.15) is 11.3 Å². The van der Waals surface area contributed by atoms with Gasteiger partial charge < -0.3 is 14.2 Å². The first kappa shape index (κ1) is 18.5. The lowest BCUT2D eigenvalue weighted by Crippen LogP contribution is -2.36. The Balaban J connectivity index is 1.55. The first-order valence-corrected chi connectivity index (χ1v) is 9.63. The maximum Gasteiger partial charge on any atom is 0.287 e. The van der Waals surface area contributed by atoms with Gasteiger partial charge in [-0.05, 0) is 75.2 Å². The molecule has 2 aromatic heterocycles. The molecule has 3 heterocycles. The number of nitrogens with one attached hydrogen (secondary N) is 1. The lowest BCUT2D eigenvalue weighted by molar-refractivity contribution is 0.0906. The third kappa shape index (κ3) is 3.60. The molecule has 0 spiro atoms. The number of hydrogen-bond donors (Lipinski definition) is 1. The average Bonchev–Trinajstić information content (AvgIpc) is 3.38.